The molecule has 0 spiro atoms. The Balaban J connectivity index is 2.13. The molecule has 4 nitrogen and oxygen atoms in total. The SMILES string of the molecule is COc1ccc(CNS(=O)(=O)c2cccc(C)c2)cc1F. The third-order valence-corrected chi connectivity index (χ3v) is 4.38. The molecule has 0 aliphatic heterocycles. The van der Waals surface area contributed by atoms with Crippen LogP contribution in [0.4, 0.5) is 4.39 Å². The number of benzene rings is 2. The highest BCUT2D eigenvalue weighted by molar-refractivity contribution is 7.89. The lowest BCUT2D eigenvalue weighted by Gasteiger charge is -2.08. The lowest BCUT2D eigenvalue weighted by atomic mass is 10.2. The predicted octanol–water partition coefficient (Wildman–Crippen LogP) is 2.62. The van der Waals surface area contributed by atoms with Gasteiger partial charge in [0, 0.05) is 6.54 Å². The van der Waals surface area contributed by atoms with E-state index in [2.05, 4.69) is 4.72 Å². The summed E-state index contributed by atoms with van der Waals surface area (Å²) < 4.78 is 45.1. The van der Waals surface area contributed by atoms with Crippen LogP contribution in [0.15, 0.2) is 47.4 Å². The van der Waals surface area contributed by atoms with Gasteiger partial charge in [-0.05, 0) is 42.3 Å². The molecule has 0 saturated carbocycles. The van der Waals surface area contributed by atoms with Crippen molar-refractivity contribution in [3.63, 3.8) is 0 Å². The summed E-state index contributed by atoms with van der Waals surface area (Å²) >= 11 is 0. The zero-order valence-corrected chi connectivity index (χ0v) is 12.6. The molecule has 21 heavy (non-hydrogen) atoms. The first-order chi connectivity index (χ1) is 9.92. The minimum absolute atomic E-state index is 0.0111. The molecule has 0 aromatic heterocycles. The van der Waals surface area contributed by atoms with E-state index in [9.17, 15) is 12.8 Å². The largest absolute Gasteiger partial charge is 0.494 e. The summed E-state index contributed by atoms with van der Waals surface area (Å²) in [6.07, 6.45) is 0. The third kappa shape index (κ3) is 3.80. The van der Waals surface area contributed by atoms with Crippen LogP contribution in [0.3, 0.4) is 0 Å². The van der Waals surface area contributed by atoms with Crippen molar-refractivity contribution in [1.29, 1.82) is 0 Å². The number of sulfonamides is 1. The standard InChI is InChI=1S/C15H16FNO3S/c1-11-4-3-5-13(8-11)21(18,19)17-10-12-6-7-15(20-2)14(16)9-12/h3-9,17H,10H2,1-2H3. The summed E-state index contributed by atoms with van der Waals surface area (Å²) in [4.78, 5) is 0.191. The Kier molecular flexibility index (Phi) is 4.59. The molecule has 2 aromatic carbocycles. The van der Waals surface area contributed by atoms with E-state index in [0.717, 1.165) is 5.56 Å². The summed E-state index contributed by atoms with van der Waals surface area (Å²) in [5.41, 5.74) is 1.37. The van der Waals surface area contributed by atoms with E-state index in [-0.39, 0.29) is 17.2 Å². The second-order valence-corrected chi connectivity index (χ2v) is 6.38. The first-order valence-corrected chi connectivity index (χ1v) is 7.79. The van der Waals surface area contributed by atoms with Crippen LogP contribution in [-0.2, 0) is 16.6 Å². The summed E-state index contributed by atoms with van der Waals surface area (Å²) in [5.74, 6) is -0.398. The smallest absolute Gasteiger partial charge is 0.240 e. The van der Waals surface area contributed by atoms with Gasteiger partial charge in [0.15, 0.2) is 11.6 Å². The van der Waals surface area contributed by atoms with Crippen molar-refractivity contribution in [1.82, 2.24) is 4.72 Å². The number of aryl methyl sites for hydroxylation is 1. The van der Waals surface area contributed by atoms with E-state index < -0.39 is 15.8 Å². The van der Waals surface area contributed by atoms with Crippen LogP contribution in [0.1, 0.15) is 11.1 Å². The van der Waals surface area contributed by atoms with Crippen LogP contribution in [0, 0.1) is 12.7 Å². The summed E-state index contributed by atoms with van der Waals surface area (Å²) in [6.45, 7) is 1.83. The predicted molar refractivity (Wildman–Crippen MR) is 78.2 cm³/mol. The number of ether oxygens (including phenoxy) is 1. The lowest BCUT2D eigenvalue weighted by molar-refractivity contribution is 0.386. The number of nitrogens with one attached hydrogen (secondary N) is 1. The quantitative estimate of drug-likeness (QED) is 0.923. The van der Waals surface area contributed by atoms with E-state index in [0.29, 0.717) is 5.56 Å². The second kappa shape index (κ2) is 6.24. The van der Waals surface area contributed by atoms with Crippen molar-refractivity contribution in [3.05, 3.63) is 59.4 Å². The Bertz CT molecular complexity index is 744. The van der Waals surface area contributed by atoms with Crippen molar-refractivity contribution >= 4 is 10.0 Å². The van der Waals surface area contributed by atoms with Crippen LogP contribution in [-0.4, -0.2) is 15.5 Å². The topological polar surface area (TPSA) is 55.4 Å². The summed E-state index contributed by atoms with van der Waals surface area (Å²) in [7, 11) is -2.24. The van der Waals surface area contributed by atoms with Crippen molar-refractivity contribution in [2.45, 2.75) is 18.4 Å². The molecule has 0 heterocycles. The van der Waals surface area contributed by atoms with E-state index in [1.54, 1.807) is 18.2 Å². The molecule has 0 atom stereocenters. The van der Waals surface area contributed by atoms with Gasteiger partial charge in [-0.15, -0.1) is 0 Å². The third-order valence-electron chi connectivity index (χ3n) is 2.98. The highest BCUT2D eigenvalue weighted by Gasteiger charge is 2.14. The first kappa shape index (κ1) is 15.5. The number of hydrogen-bond acceptors (Lipinski definition) is 3. The molecule has 0 fully saturated rings. The van der Waals surface area contributed by atoms with Gasteiger partial charge in [-0.1, -0.05) is 18.2 Å². The van der Waals surface area contributed by atoms with Gasteiger partial charge in [-0.2, -0.15) is 0 Å². The first-order valence-electron chi connectivity index (χ1n) is 6.31. The van der Waals surface area contributed by atoms with Gasteiger partial charge < -0.3 is 4.74 Å². The Labute approximate surface area is 123 Å². The molecule has 112 valence electrons. The second-order valence-electron chi connectivity index (χ2n) is 4.61. The molecule has 0 aliphatic carbocycles. The van der Waals surface area contributed by atoms with Gasteiger partial charge >= 0.3 is 0 Å². The molecule has 0 unspecified atom stereocenters. The van der Waals surface area contributed by atoms with Gasteiger partial charge in [0.2, 0.25) is 10.0 Å². The minimum atomic E-state index is -3.61. The zero-order chi connectivity index (χ0) is 15.5. The Morgan fingerprint density at radius 3 is 2.57 bits per heavy atom. The Morgan fingerprint density at radius 2 is 1.95 bits per heavy atom. The molecule has 2 rings (SSSR count). The summed E-state index contributed by atoms with van der Waals surface area (Å²) in [6, 6.07) is 10.9. The number of hydrogen-bond donors (Lipinski definition) is 1. The summed E-state index contributed by atoms with van der Waals surface area (Å²) in [5, 5.41) is 0. The number of methoxy groups -OCH3 is 1. The monoisotopic (exact) mass is 309 g/mol. The van der Waals surface area contributed by atoms with Crippen LogP contribution in [0.25, 0.3) is 0 Å². The van der Waals surface area contributed by atoms with E-state index in [4.69, 9.17) is 4.74 Å². The van der Waals surface area contributed by atoms with Crippen molar-refractivity contribution in [3.8, 4) is 5.75 Å². The fraction of sp³-hybridized carbons (Fsp3) is 0.200. The molecular weight excluding hydrogens is 293 g/mol. The van der Waals surface area contributed by atoms with Gasteiger partial charge in [0.05, 0.1) is 12.0 Å². The molecule has 6 heteroatoms. The molecule has 0 amide bonds. The molecule has 0 radical (unpaired) electrons. The normalized spacial score (nSPS) is 11.4. The maximum Gasteiger partial charge on any atom is 0.240 e. The van der Waals surface area contributed by atoms with E-state index >= 15 is 0 Å². The van der Waals surface area contributed by atoms with Gasteiger partial charge in [-0.25, -0.2) is 17.5 Å². The van der Waals surface area contributed by atoms with Crippen LogP contribution in [0.5, 0.6) is 5.75 Å². The van der Waals surface area contributed by atoms with Crippen molar-refractivity contribution in [2.24, 2.45) is 0 Å². The van der Waals surface area contributed by atoms with E-state index in [1.807, 2.05) is 13.0 Å². The minimum Gasteiger partial charge on any atom is -0.494 e. The lowest BCUT2D eigenvalue weighted by Crippen LogP contribution is -2.23. The fourth-order valence-electron chi connectivity index (χ4n) is 1.86. The van der Waals surface area contributed by atoms with Crippen molar-refractivity contribution in [2.75, 3.05) is 7.11 Å². The Morgan fingerprint density at radius 1 is 1.19 bits per heavy atom. The maximum atomic E-state index is 13.5. The molecule has 0 aliphatic rings. The maximum absolute atomic E-state index is 13.5. The van der Waals surface area contributed by atoms with Crippen LogP contribution >= 0.6 is 0 Å². The van der Waals surface area contributed by atoms with Crippen molar-refractivity contribution < 1.29 is 17.5 Å². The van der Waals surface area contributed by atoms with E-state index in [1.165, 1.54) is 25.3 Å². The fourth-order valence-corrected chi connectivity index (χ4v) is 2.99. The zero-order valence-electron chi connectivity index (χ0n) is 11.8. The highest BCUT2D eigenvalue weighted by atomic mass is 32.2. The van der Waals surface area contributed by atoms with Gasteiger partial charge in [0.25, 0.3) is 0 Å². The molecule has 0 bridgehead atoms. The molecule has 2 aromatic rings. The number of rotatable bonds is 5. The van der Waals surface area contributed by atoms with Gasteiger partial charge in [0.1, 0.15) is 0 Å². The van der Waals surface area contributed by atoms with Gasteiger partial charge in [-0.3, -0.25) is 0 Å². The highest BCUT2D eigenvalue weighted by Crippen LogP contribution is 2.18. The molecule has 1 N–H and O–H groups in total. The van der Waals surface area contributed by atoms with Crippen LogP contribution < -0.4 is 9.46 Å². The average molecular weight is 309 g/mol. The average Bonchev–Trinajstić information content (AvgIpc) is 2.45. The molecule has 0 saturated heterocycles. The molecular formula is C15H16FNO3S. The number of halogens is 1. The Hall–Kier alpha value is -1.92. The van der Waals surface area contributed by atoms with Crippen LogP contribution in [0.2, 0.25) is 0 Å².